The van der Waals surface area contributed by atoms with E-state index in [9.17, 15) is 13.2 Å². The van der Waals surface area contributed by atoms with Crippen molar-refractivity contribution in [1.82, 2.24) is 5.32 Å². The van der Waals surface area contributed by atoms with Crippen LogP contribution in [0.1, 0.15) is 12.0 Å². The zero-order chi connectivity index (χ0) is 20.9. The minimum Gasteiger partial charge on any atom is -0.497 e. The number of carbonyl (C=O) groups is 1. The van der Waals surface area contributed by atoms with Gasteiger partial charge in [-0.2, -0.15) is 0 Å². The largest absolute Gasteiger partial charge is 0.497 e. The lowest BCUT2D eigenvalue weighted by Crippen LogP contribution is -2.35. The Morgan fingerprint density at radius 2 is 1.90 bits per heavy atom. The van der Waals surface area contributed by atoms with E-state index in [1.807, 2.05) is 6.07 Å². The number of sulfonamides is 1. The number of methoxy groups -OCH3 is 2. The highest BCUT2D eigenvalue weighted by Crippen LogP contribution is 2.34. The number of fused-ring (bicyclic) bond motifs is 1. The predicted octanol–water partition coefficient (Wildman–Crippen LogP) is 2.60. The molecule has 0 bridgehead atoms. The van der Waals surface area contributed by atoms with Gasteiger partial charge < -0.3 is 20.1 Å². The molecule has 29 heavy (non-hydrogen) atoms. The van der Waals surface area contributed by atoms with Crippen LogP contribution in [0.2, 0.25) is 0 Å². The Bertz CT molecular complexity index is 961. The molecule has 0 radical (unpaired) electrons. The van der Waals surface area contributed by atoms with Gasteiger partial charge >= 0.3 is 6.03 Å². The van der Waals surface area contributed by atoms with Gasteiger partial charge in [0.2, 0.25) is 0 Å². The van der Waals surface area contributed by atoms with E-state index in [-0.39, 0.29) is 10.9 Å². The number of nitrogens with one attached hydrogen (secondary N) is 2. The fourth-order valence-corrected chi connectivity index (χ4v) is 4.75. The van der Waals surface area contributed by atoms with Gasteiger partial charge in [-0.1, -0.05) is 0 Å². The molecule has 2 aromatic carbocycles. The highest BCUT2D eigenvalue weighted by molar-refractivity contribution is 7.92. The van der Waals surface area contributed by atoms with Crippen LogP contribution >= 0.6 is 0 Å². The molecule has 0 unspecified atom stereocenters. The average Bonchev–Trinajstić information content (AvgIpc) is 2.73. The molecule has 2 amide bonds. The van der Waals surface area contributed by atoms with Crippen molar-refractivity contribution in [3.63, 3.8) is 0 Å². The van der Waals surface area contributed by atoms with Crippen LogP contribution in [-0.2, 0) is 21.2 Å². The topological polar surface area (TPSA) is 97.0 Å². The number of anilines is 2. The molecule has 0 spiro atoms. The van der Waals surface area contributed by atoms with E-state index in [0.717, 1.165) is 12.0 Å². The van der Waals surface area contributed by atoms with Gasteiger partial charge in [0.05, 0.1) is 24.3 Å². The lowest BCUT2D eigenvalue weighted by Gasteiger charge is -2.31. The van der Waals surface area contributed by atoms with E-state index in [0.29, 0.717) is 43.2 Å². The molecule has 3 rings (SSSR count). The summed E-state index contributed by atoms with van der Waals surface area (Å²) in [5.41, 5.74) is 2.13. The van der Waals surface area contributed by atoms with Crippen molar-refractivity contribution >= 4 is 27.4 Å². The van der Waals surface area contributed by atoms with Crippen LogP contribution in [0.3, 0.4) is 0 Å². The van der Waals surface area contributed by atoms with Gasteiger partial charge in [-0.05, 0) is 60.9 Å². The summed E-state index contributed by atoms with van der Waals surface area (Å²) in [6, 6.07) is 11.3. The normalized spacial score (nSPS) is 13.5. The standard InChI is InChI=1S/C20H25N3O5S/c1-27-13-11-21-20(24)22-16-5-10-19-15(14-16)4-3-12-23(19)29(25,26)18-8-6-17(28-2)7-9-18/h5-10,14H,3-4,11-13H2,1-2H3,(H2,21,22,24). The van der Waals surface area contributed by atoms with E-state index >= 15 is 0 Å². The molecule has 2 aromatic rings. The molecule has 0 fully saturated rings. The van der Waals surface area contributed by atoms with Gasteiger partial charge in [0.15, 0.2) is 0 Å². The summed E-state index contributed by atoms with van der Waals surface area (Å²) in [6.45, 7) is 1.24. The van der Waals surface area contributed by atoms with Crippen molar-refractivity contribution in [2.24, 2.45) is 0 Å². The molecule has 1 aliphatic rings. The maximum Gasteiger partial charge on any atom is 0.319 e. The van der Waals surface area contributed by atoms with E-state index in [1.165, 1.54) is 11.4 Å². The van der Waals surface area contributed by atoms with Crippen molar-refractivity contribution in [2.75, 3.05) is 43.5 Å². The third-order valence-corrected chi connectivity index (χ3v) is 6.48. The van der Waals surface area contributed by atoms with E-state index in [4.69, 9.17) is 9.47 Å². The van der Waals surface area contributed by atoms with Crippen molar-refractivity contribution in [1.29, 1.82) is 0 Å². The Morgan fingerprint density at radius 3 is 2.59 bits per heavy atom. The van der Waals surface area contributed by atoms with Crippen molar-refractivity contribution < 1.29 is 22.7 Å². The maximum atomic E-state index is 13.2. The monoisotopic (exact) mass is 419 g/mol. The fraction of sp³-hybridized carbons (Fsp3) is 0.350. The van der Waals surface area contributed by atoms with Crippen molar-refractivity contribution in [2.45, 2.75) is 17.7 Å². The lowest BCUT2D eigenvalue weighted by molar-refractivity contribution is 0.198. The molecule has 9 heteroatoms. The number of benzene rings is 2. The summed E-state index contributed by atoms with van der Waals surface area (Å²) in [6.07, 6.45) is 1.44. The molecular formula is C20H25N3O5S. The molecule has 1 heterocycles. The number of nitrogens with zero attached hydrogens (tertiary/aromatic N) is 1. The first kappa shape index (κ1) is 20.9. The number of amides is 2. The lowest BCUT2D eigenvalue weighted by atomic mass is 10.0. The molecule has 0 atom stereocenters. The van der Waals surface area contributed by atoms with Crippen LogP contribution in [0.5, 0.6) is 5.75 Å². The summed E-state index contributed by atoms with van der Waals surface area (Å²) < 4.78 is 37.7. The molecule has 0 saturated heterocycles. The van der Waals surface area contributed by atoms with E-state index < -0.39 is 10.0 Å². The second-order valence-corrected chi connectivity index (χ2v) is 8.44. The second kappa shape index (κ2) is 9.15. The Morgan fingerprint density at radius 1 is 1.14 bits per heavy atom. The van der Waals surface area contributed by atoms with Gasteiger partial charge in [0.1, 0.15) is 5.75 Å². The van der Waals surface area contributed by atoms with Crippen LogP contribution in [-0.4, -0.2) is 48.4 Å². The first-order chi connectivity index (χ1) is 14.0. The summed E-state index contributed by atoms with van der Waals surface area (Å²) >= 11 is 0. The van der Waals surface area contributed by atoms with Gasteiger partial charge in [-0.3, -0.25) is 4.31 Å². The Hall–Kier alpha value is -2.78. The third-order valence-electron chi connectivity index (χ3n) is 4.65. The second-order valence-electron chi connectivity index (χ2n) is 6.57. The fourth-order valence-electron chi connectivity index (χ4n) is 3.21. The van der Waals surface area contributed by atoms with Crippen molar-refractivity contribution in [3.05, 3.63) is 48.0 Å². The van der Waals surface area contributed by atoms with E-state index in [2.05, 4.69) is 10.6 Å². The zero-order valence-corrected chi connectivity index (χ0v) is 17.3. The van der Waals surface area contributed by atoms with Gasteiger partial charge in [0, 0.05) is 25.9 Å². The van der Waals surface area contributed by atoms with Crippen LogP contribution in [0.15, 0.2) is 47.4 Å². The highest BCUT2D eigenvalue weighted by Gasteiger charge is 2.29. The molecule has 8 nitrogen and oxygen atoms in total. The summed E-state index contributed by atoms with van der Waals surface area (Å²) in [7, 11) is -0.587. The number of urea groups is 1. The van der Waals surface area contributed by atoms with Gasteiger partial charge in [0.25, 0.3) is 10.0 Å². The third kappa shape index (κ3) is 4.80. The molecule has 2 N–H and O–H groups in total. The Balaban J connectivity index is 1.80. The first-order valence-corrected chi connectivity index (χ1v) is 10.7. The SMILES string of the molecule is COCCNC(=O)Nc1ccc2c(c1)CCCN2S(=O)(=O)c1ccc(OC)cc1. The van der Waals surface area contributed by atoms with E-state index in [1.54, 1.807) is 43.5 Å². The minimum absolute atomic E-state index is 0.214. The predicted molar refractivity (Wildman–Crippen MR) is 111 cm³/mol. The highest BCUT2D eigenvalue weighted by atomic mass is 32.2. The van der Waals surface area contributed by atoms with Crippen LogP contribution < -0.4 is 19.7 Å². The average molecular weight is 420 g/mol. The smallest absolute Gasteiger partial charge is 0.319 e. The Labute approximate surface area is 170 Å². The number of hydrogen-bond acceptors (Lipinski definition) is 5. The van der Waals surface area contributed by atoms with Crippen LogP contribution in [0, 0.1) is 0 Å². The number of ether oxygens (including phenoxy) is 2. The van der Waals surface area contributed by atoms with Gasteiger partial charge in [-0.25, -0.2) is 13.2 Å². The van der Waals surface area contributed by atoms with Gasteiger partial charge in [-0.15, -0.1) is 0 Å². The number of aryl methyl sites for hydroxylation is 1. The molecule has 0 aromatic heterocycles. The van der Waals surface area contributed by atoms with Crippen LogP contribution in [0.4, 0.5) is 16.2 Å². The quantitative estimate of drug-likeness (QED) is 0.673. The zero-order valence-electron chi connectivity index (χ0n) is 16.5. The Kier molecular flexibility index (Phi) is 6.60. The van der Waals surface area contributed by atoms with Crippen LogP contribution in [0.25, 0.3) is 0 Å². The number of carbonyl (C=O) groups excluding carboxylic acids is 1. The maximum absolute atomic E-state index is 13.2. The number of hydrogen-bond donors (Lipinski definition) is 2. The first-order valence-electron chi connectivity index (χ1n) is 9.29. The molecular weight excluding hydrogens is 394 g/mol. The minimum atomic E-state index is -3.69. The molecule has 156 valence electrons. The summed E-state index contributed by atoms with van der Waals surface area (Å²) in [5, 5.41) is 5.45. The molecule has 0 aliphatic carbocycles. The molecule has 0 saturated carbocycles. The summed E-state index contributed by atoms with van der Waals surface area (Å²) in [4.78, 5) is 12.1. The number of rotatable bonds is 7. The van der Waals surface area contributed by atoms with Crippen molar-refractivity contribution in [3.8, 4) is 5.75 Å². The molecule has 1 aliphatic heterocycles. The summed E-state index contributed by atoms with van der Waals surface area (Å²) in [5.74, 6) is 0.600.